The Hall–Kier alpha value is -0.710. The van der Waals surface area contributed by atoms with Gasteiger partial charge >= 0.3 is 0 Å². The third-order valence-corrected chi connectivity index (χ3v) is 2.72. The summed E-state index contributed by atoms with van der Waals surface area (Å²) in [7, 11) is 0. The van der Waals surface area contributed by atoms with E-state index in [1.54, 1.807) is 6.07 Å². The van der Waals surface area contributed by atoms with Gasteiger partial charge in [0.2, 0.25) is 0 Å². The normalized spacial score (nSPS) is 19.8. The fraction of sp³-hybridized carbons (Fsp3) is 0.500. The molecule has 1 aromatic rings. The minimum Gasteiger partial charge on any atom is -0.372 e. The number of hydrogen-bond donors (Lipinski definition) is 1. The van der Waals surface area contributed by atoms with Crippen molar-refractivity contribution in [3.63, 3.8) is 0 Å². The first kappa shape index (κ1) is 14.4. The lowest BCUT2D eigenvalue weighted by Gasteiger charge is -2.23. The molecule has 0 amide bonds. The molecular weight excluding hydrogens is 248 g/mol. The van der Waals surface area contributed by atoms with E-state index in [4.69, 9.17) is 4.74 Å². The van der Waals surface area contributed by atoms with Crippen molar-refractivity contribution in [3.8, 4) is 0 Å². The summed E-state index contributed by atoms with van der Waals surface area (Å²) in [5.41, 5.74) is 0.671. The van der Waals surface area contributed by atoms with Crippen LogP contribution in [0.5, 0.6) is 0 Å². The topological polar surface area (TPSA) is 21.3 Å². The first-order valence-electron chi connectivity index (χ1n) is 5.52. The molecule has 0 aromatic heterocycles. The monoisotopic (exact) mass is 263 g/mol. The lowest BCUT2D eigenvalue weighted by atomic mass is 10.1. The van der Waals surface area contributed by atoms with E-state index >= 15 is 0 Å². The minimum absolute atomic E-state index is 0. The van der Waals surface area contributed by atoms with Crippen LogP contribution in [0.2, 0.25) is 0 Å². The summed E-state index contributed by atoms with van der Waals surface area (Å²) in [6, 6.07) is 3.87. The summed E-state index contributed by atoms with van der Waals surface area (Å²) >= 11 is 0. The maximum Gasteiger partial charge on any atom is 0.159 e. The fourth-order valence-electron chi connectivity index (χ4n) is 1.81. The summed E-state index contributed by atoms with van der Waals surface area (Å²) in [5.74, 6) is -1.63. The number of rotatable bonds is 3. The second-order valence-corrected chi connectivity index (χ2v) is 4.03. The Morgan fingerprint density at radius 1 is 1.29 bits per heavy atom. The van der Waals surface area contributed by atoms with Crippen LogP contribution in [0.4, 0.5) is 8.78 Å². The SMILES string of the molecule is Cl.Fc1ccc(COC2CCCNC2)cc1F. The number of piperidine rings is 1. The van der Waals surface area contributed by atoms with Crippen molar-refractivity contribution in [2.24, 2.45) is 0 Å². The minimum atomic E-state index is -0.817. The van der Waals surface area contributed by atoms with Gasteiger partial charge in [-0.3, -0.25) is 0 Å². The van der Waals surface area contributed by atoms with Crippen molar-refractivity contribution in [1.29, 1.82) is 0 Å². The quantitative estimate of drug-likeness (QED) is 0.905. The summed E-state index contributed by atoms with van der Waals surface area (Å²) in [4.78, 5) is 0. The molecule has 1 saturated heterocycles. The van der Waals surface area contributed by atoms with E-state index < -0.39 is 11.6 Å². The Morgan fingerprint density at radius 3 is 2.76 bits per heavy atom. The van der Waals surface area contributed by atoms with Gasteiger partial charge in [-0.1, -0.05) is 6.07 Å². The van der Waals surface area contributed by atoms with E-state index in [1.165, 1.54) is 6.07 Å². The highest BCUT2D eigenvalue weighted by Gasteiger charge is 2.13. The number of ether oxygens (including phenoxy) is 1. The summed E-state index contributed by atoms with van der Waals surface area (Å²) in [6.45, 7) is 2.21. The maximum atomic E-state index is 12.9. The molecule has 1 aliphatic heterocycles. The largest absolute Gasteiger partial charge is 0.372 e. The van der Waals surface area contributed by atoms with Crippen LogP contribution in [-0.4, -0.2) is 19.2 Å². The molecule has 0 radical (unpaired) electrons. The third-order valence-electron chi connectivity index (χ3n) is 2.72. The third kappa shape index (κ3) is 4.22. The van der Waals surface area contributed by atoms with E-state index in [-0.39, 0.29) is 18.5 Å². The molecule has 0 spiro atoms. The van der Waals surface area contributed by atoms with Crippen molar-refractivity contribution in [2.45, 2.75) is 25.6 Å². The number of hydrogen-bond acceptors (Lipinski definition) is 2. The Balaban J connectivity index is 0.00000144. The van der Waals surface area contributed by atoms with Crippen molar-refractivity contribution in [1.82, 2.24) is 5.32 Å². The second kappa shape index (κ2) is 6.89. The van der Waals surface area contributed by atoms with E-state index in [0.717, 1.165) is 32.0 Å². The van der Waals surface area contributed by atoms with Gasteiger partial charge in [-0.05, 0) is 37.1 Å². The van der Waals surface area contributed by atoms with Gasteiger partial charge in [0.15, 0.2) is 11.6 Å². The Labute approximate surface area is 106 Å². The van der Waals surface area contributed by atoms with Crippen LogP contribution in [0.1, 0.15) is 18.4 Å². The molecule has 0 bridgehead atoms. The van der Waals surface area contributed by atoms with Crippen LogP contribution in [0.15, 0.2) is 18.2 Å². The Morgan fingerprint density at radius 2 is 2.12 bits per heavy atom. The lowest BCUT2D eigenvalue weighted by molar-refractivity contribution is 0.0251. The predicted molar refractivity (Wildman–Crippen MR) is 64.3 cm³/mol. The van der Waals surface area contributed by atoms with E-state index in [0.29, 0.717) is 12.2 Å². The van der Waals surface area contributed by atoms with E-state index in [2.05, 4.69) is 5.32 Å². The first-order valence-corrected chi connectivity index (χ1v) is 5.52. The molecule has 1 N–H and O–H groups in total. The molecule has 5 heteroatoms. The van der Waals surface area contributed by atoms with Gasteiger partial charge in [-0.2, -0.15) is 0 Å². The number of benzene rings is 1. The predicted octanol–water partition coefficient (Wildman–Crippen LogP) is 2.66. The highest BCUT2D eigenvalue weighted by Crippen LogP contribution is 2.12. The van der Waals surface area contributed by atoms with Gasteiger partial charge in [-0.15, -0.1) is 12.4 Å². The first-order chi connectivity index (χ1) is 7.75. The van der Waals surface area contributed by atoms with Gasteiger partial charge in [0.1, 0.15) is 0 Å². The molecule has 1 heterocycles. The summed E-state index contributed by atoms with van der Waals surface area (Å²) < 4.78 is 31.2. The lowest BCUT2D eigenvalue weighted by Crippen LogP contribution is -2.35. The van der Waals surface area contributed by atoms with Crippen LogP contribution in [-0.2, 0) is 11.3 Å². The van der Waals surface area contributed by atoms with Crippen LogP contribution in [0.25, 0.3) is 0 Å². The average Bonchev–Trinajstić information content (AvgIpc) is 2.32. The molecule has 1 atom stereocenters. The van der Waals surface area contributed by atoms with Crippen LogP contribution in [0, 0.1) is 11.6 Å². The molecule has 1 unspecified atom stereocenters. The highest BCUT2D eigenvalue weighted by molar-refractivity contribution is 5.85. The Kier molecular flexibility index (Phi) is 5.82. The van der Waals surface area contributed by atoms with Gasteiger partial charge in [0, 0.05) is 6.54 Å². The fourth-order valence-corrected chi connectivity index (χ4v) is 1.81. The van der Waals surface area contributed by atoms with Crippen molar-refractivity contribution >= 4 is 12.4 Å². The van der Waals surface area contributed by atoms with Crippen LogP contribution >= 0.6 is 12.4 Å². The summed E-state index contributed by atoms with van der Waals surface area (Å²) in [5, 5.41) is 3.23. The van der Waals surface area contributed by atoms with Gasteiger partial charge < -0.3 is 10.1 Å². The zero-order valence-corrected chi connectivity index (χ0v) is 10.2. The van der Waals surface area contributed by atoms with Crippen molar-refractivity contribution in [2.75, 3.05) is 13.1 Å². The second-order valence-electron chi connectivity index (χ2n) is 4.03. The van der Waals surface area contributed by atoms with Gasteiger partial charge in [-0.25, -0.2) is 8.78 Å². The number of halogens is 3. The molecule has 1 aliphatic rings. The molecule has 2 nitrogen and oxygen atoms in total. The van der Waals surface area contributed by atoms with Gasteiger partial charge in [0.05, 0.1) is 12.7 Å². The van der Waals surface area contributed by atoms with Crippen LogP contribution < -0.4 is 5.32 Å². The maximum absolute atomic E-state index is 12.9. The Bertz CT molecular complexity index is 356. The zero-order valence-electron chi connectivity index (χ0n) is 9.42. The van der Waals surface area contributed by atoms with Crippen molar-refractivity contribution < 1.29 is 13.5 Å². The van der Waals surface area contributed by atoms with Crippen molar-refractivity contribution in [3.05, 3.63) is 35.4 Å². The highest BCUT2D eigenvalue weighted by atomic mass is 35.5. The molecular formula is C12H16ClF2NO. The molecule has 0 aliphatic carbocycles. The standard InChI is InChI=1S/C12H15F2NO.ClH/c13-11-4-3-9(6-12(11)14)8-16-10-2-1-5-15-7-10;/h3-4,6,10,15H,1-2,5,7-8H2;1H. The average molecular weight is 264 g/mol. The molecule has 0 saturated carbocycles. The molecule has 1 fully saturated rings. The van der Waals surface area contributed by atoms with Gasteiger partial charge in [0.25, 0.3) is 0 Å². The molecule has 17 heavy (non-hydrogen) atoms. The molecule has 2 rings (SSSR count). The number of nitrogens with one attached hydrogen (secondary N) is 1. The summed E-state index contributed by atoms with van der Waals surface area (Å²) in [6.07, 6.45) is 2.31. The van der Waals surface area contributed by atoms with E-state index in [1.807, 2.05) is 0 Å². The molecule has 96 valence electrons. The van der Waals surface area contributed by atoms with Crippen LogP contribution in [0.3, 0.4) is 0 Å². The zero-order chi connectivity index (χ0) is 11.4. The smallest absolute Gasteiger partial charge is 0.159 e. The van der Waals surface area contributed by atoms with E-state index in [9.17, 15) is 8.78 Å². The molecule has 1 aromatic carbocycles.